The lowest BCUT2D eigenvalue weighted by atomic mass is 9.89. The van der Waals surface area contributed by atoms with Crippen molar-refractivity contribution >= 4 is 11.1 Å². The molecule has 0 aliphatic heterocycles. The van der Waals surface area contributed by atoms with Crippen LogP contribution in [0, 0.1) is 5.82 Å². The van der Waals surface area contributed by atoms with Gasteiger partial charge in [0, 0.05) is 6.61 Å². The van der Waals surface area contributed by atoms with Crippen LogP contribution in [0.1, 0.15) is 61.6 Å². The maximum Gasteiger partial charge on any atom is 0.123 e. The number of ether oxygens (including phenoxy) is 1. The number of hydrogen-bond acceptors (Lipinski definition) is 2. The summed E-state index contributed by atoms with van der Waals surface area (Å²) in [5, 5.41) is 8.99. The summed E-state index contributed by atoms with van der Waals surface area (Å²) in [6.45, 7) is 0.264. The van der Waals surface area contributed by atoms with Gasteiger partial charge < -0.3 is 9.84 Å². The van der Waals surface area contributed by atoms with Gasteiger partial charge in [-0.3, -0.25) is 0 Å². The van der Waals surface area contributed by atoms with Crippen LogP contribution >= 0.6 is 0 Å². The minimum atomic E-state index is -0.179. The van der Waals surface area contributed by atoms with Crippen molar-refractivity contribution in [2.24, 2.45) is 0 Å². The van der Waals surface area contributed by atoms with Crippen molar-refractivity contribution in [1.82, 2.24) is 0 Å². The Bertz CT molecular complexity index is 795. The van der Waals surface area contributed by atoms with Gasteiger partial charge in [-0.25, -0.2) is 4.39 Å². The summed E-state index contributed by atoms with van der Waals surface area (Å²) in [6.07, 6.45) is 8.12. The van der Waals surface area contributed by atoms with Crippen molar-refractivity contribution in [3.8, 4) is 5.75 Å². The Balaban J connectivity index is 1.98. The summed E-state index contributed by atoms with van der Waals surface area (Å²) in [7, 11) is 1.70. The second kappa shape index (κ2) is 9.70. The third kappa shape index (κ3) is 4.98. The molecule has 2 nitrogen and oxygen atoms in total. The summed E-state index contributed by atoms with van der Waals surface area (Å²) in [5.41, 5.74) is 6.24. The fraction of sp³-hybridized carbons (Fsp3) is 0.417. The van der Waals surface area contributed by atoms with Gasteiger partial charge >= 0.3 is 0 Å². The zero-order valence-electron chi connectivity index (χ0n) is 16.1. The highest BCUT2D eigenvalue weighted by molar-refractivity contribution is 5.92. The maximum absolute atomic E-state index is 13.9. The molecular formula is C24H29FO2. The van der Waals surface area contributed by atoms with Crippen LogP contribution in [0.2, 0.25) is 0 Å². The summed E-state index contributed by atoms with van der Waals surface area (Å²) in [4.78, 5) is 0. The number of unbranched alkanes of at least 4 members (excludes halogenated alkanes) is 3. The molecule has 0 heterocycles. The molecule has 0 spiro atoms. The monoisotopic (exact) mass is 368 g/mol. The Morgan fingerprint density at radius 3 is 2.63 bits per heavy atom. The molecule has 0 unspecified atom stereocenters. The van der Waals surface area contributed by atoms with Crippen molar-refractivity contribution in [1.29, 1.82) is 0 Å². The lowest BCUT2D eigenvalue weighted by Crippen LogP contribution is -1.96. The predicted octanol–water partition coefficient (Wildman–Crippen LogP) is 6.02. The predicted molar refractivity (Wildman–Crippen MR) is 109 cm³/mol. The first-order valence-corrected chi connectivity index (χ1v) is 9.99. The molecule has 2 aromatic rings. The molecule has 1 aliphatic rings. The van der Waals surface area contributed by atoms with Crippen molar-refractivity contribution in [2.75, 3.05) is 13.7 Å². The fourth-order valence-corrected chi connectivity index (χ4v) is 4.01. The van der Waals surface area contributed by atoms with Crippen LogP contribution in [0.25, 0.3) is 11.1 Å². The highest BCUT2D eigenvalue weighted by Crippen LogP contribution is 2.39. The van der Waals surface area contributed by atoms with Crippen molar-refractivity contribution in [3.63, 3.8) is 0 Å². The molecule has 0 radical (unpaired) electrons. The van der Waals surface area contributed by atoms with Crippen molar-refractivity contribution < 1.29 is 14.2 Å². The molecule has 3 heteroatoms. The number of halogens is 1. The first-order chi connectivity index (χ1) is 13.2. The Kier molecular flexibility index (Phi) is 7.05. The second-order valence-electron chi connectivity index (χ2n) is 7.23. The number of aliphatic hydroxyl groups excluding tert-OH is 1. The molecule has 0 saturated heterocycles. The number of methoxy groups -OCH3 is 1. The summed E-state index contributed by atoms with van der Waals surface area (Å²) >= 11 is 0. The van der Waals surface area contributed by atoms with Crippen LogP contribution in [-0.4, -0.2) is 18.8 Å². The number of rotatable bonds is 8. The molecule has 0 aromatic heterocycles. The topological polar surface area (TPSA) is 29.5 Å². The molecule has 144 valence electrons. The zero-order chi connectivity index (χ0) is 19.1. The third-order valence-corrected chi connectivity index (χ3v) is 5.38. The average molecular weight is 368 g/mol. The third-order valence-electron chi connectivity index (χ3n) is 5.38. The smallest absolute Gasteiger partial charge is 0.123 e. The largest absolute Gasteiger partial charge is 0.497 e. The Labute approximate surface area is 161 Å². The van der Waals surface area contributed by atoms with Crippen molar-refractivity contribution in [2.45, 2.75) is 51.4 Å². The molecule has 0 atom stereocenters. The number of aryl methyl sites for hydroxylation is 1. The van der Waals surface area contributed by atoms with Gasteiger partial charge in [0.2, 0.25) is 0 Å². The average Bonchev–Trinajstić information content (AvgIpc) is 2.86. The molecule has 0 saturated carbocycles. The molecule has 27 heavy (non-hydrogen) atoms. The van der Waals surface area contributed by atoms with Crippen LogP contribution < -0.4 is 4.74 Å². The van der Waals surface area contributed by atoms with E-state index in [9.17, 15) is 4.39 Å². The highest BCUT2D eigenvalue weighted by Gasteiger charge is 2.19. The molecule has 0 bridgehead atoms. The van der Waals surface area contributed by atoms with E-state index in [1.807, 2.05) is 12.1 Å². The molecule has 1 aliphatic carbocycles. The SMILES string of the molecule is COc1ccc2c(c1)CCCC(c1cccc(F)c1)=C2CCCCCCO. The van der Waals surface area contributed by atoms with E-state index in [-0.39, 0.29) is 12.4 Å². The summed E-state index contributed by atoms with van der Waals surface area (Å²) in [5.74, 6) is 0.715. The molecule has 1 N–H and O–H groups in total. The second-order valence-corrected chi connectivity index (χ2v) is 7.23. The zero-order valence-corrected chi connectivity index (χ0v) is 16.1. The number of aliphatic hydroxyl groups is 1. The normalized spacial score (nSPS) is 14.0. The van der Waals surface area contributed by atoms with Crippen molar-refractivity contribution in [3.05, 3.63) is 65.0 Å². The van der Waals surface area contributed by atoms with E-state index in [4.69, 9.17) is 9.84 Å². The quantitative estimate of drug-likeness (QED) is 0.577. The highest BCUT2D eigenvalue weighted by atomic mass is 19.1. The molecule has 3 rings (SSSR count). The minimum absolute atomic E-state index is 0.179. The number of allylic oxidation sites excluding steroid dienone is 2. The molecule has 0 fully saturated rings. The first-order valence-electron chi connectivity index (χ1n) is 9.99. The van der Waals surface area contributed by atoms with Gasteiger partial charge in [0.15, 0.2) is 0 Å². The van der Waals surface area contributed by atoms with E-state index in [0.717, 1.165) is 62.7 Å². The van der Waals surface area contributed by atoms with E-state index >= 15 is 0 Å². The summed E-state index contributed by atoms with van der Waals surface area (Å²) < 4.78 is 19.3. The van der Waals surface area contributed by atoms with E-state index < -0.39 is 0 Å². The number of fused-ring (bicyclic) bond motifs is 1. The van der Waals surface area contributed by atoms with Gasteiger partial charge in [0.25, 0.3) is 0 Å². The Morgan fingerprint density at radius 1 is 1.00 bits per heavy atom. The lowest BCUT2D eigenvalue weighted by Gasteiger charge is -2.17. The van der Waals surface area contributed by atoms with Crippen LogP contribution in [0.15, 0.2) is 42.5 Å². The van der Waals surface area contributed by atoms with Crippen LogP contribution in [0.3, 0.4) is 0 Å². The Morgan fingerprint density at radius 2 is 1.85 bits per heavy atom. The lowest BCUT2D eigenvalue weighted by molar-refractivity contribution is 0.282. The van der Waals surface area contributed by atoms with E-state index in [2.05, 4.69) is 12.1 Å². The van der Waals surface area contributed by atoms with Gasteiger partial charge in [0.05, 0.1) is 7.11 Å². The molecule has 2 aromatic carbocycles. The maximum atomic E-state index is 13.9. The van der Waals surface area contributed by atoms with E-state index in [0.29, 0.717) is 0 Å². The standard InChI is InChI=1S/C24H29FO2/c1-27-21-13-14-23-19(17-21)9-7-12-22(18-8-6-10-20(25)16-18)24(23)11-4-2-3-5-15-26/h6,8,10,13-14,16-17,26H,2-5,7,9,11-12,15H2,1H3. The fourth-order valence-electron chi connectivity index (χ4n) is 4.01. The van der Waals surface area contributed by atoms with Gasteiger partial charge in [-0.05, 0) is 90.6 Å². The number of hydrogen-bond donors (Lipinski definition) is 1. The minimum Gasteiger partial charge on any atom is -0.497 e. The van der Waals surface area contributed by atoms with Gasteiger partial charge in [0.1, 0.15) is 11.6 Å². The Hall–Kier alpha value is -2.13. The first kappa shape index (κ1) is 19.6. The van der Waals surface area contributed by atoms with Crippen LogP contribution in [0.4, 0.5) is 4.39 Å². The molecular weight excluding hydrogens is 339 g/mol. The van der Waals surface area contributed by atoms with Crippen LogP contribution in [-0.2, 0) is 6.42 Å². The molecule has 0 amide bonds. The van der Waals surface area contributed by atoms with Gasteiger partial charge in [-0.1, -0.05) is 31.0 Å². The van der Waals surface area contributed by atoms with Gasteiger partial charge in [-0.15, -0.1) is 0 Å². The number of benzene rings is 2. The van der Waals surface area contributed by atoms with Crippen LogP contribution in [0.5, 0.6) is 5.75 Å². The van der Waals surface area contributed by atoms with E-state index in [1.54, 1.807) is 19.2 Å². The van der Waals surface area contributed by atoms with Gasteiger partial charge in [-0.2, -0.15) is 0 Å². The van der Waals surface area contributed by atoms with E-state index in [1.165, 1.54) is 28.3 Å². The summed E-state index contributed by atoms with van der Waals surface area (Å²) in [6, 6.07) is 13.3.